The summed E-state index contributed by atoms with van der Waals surface area (Å²) in [6.45, 7) is 4.21. The van der Waals surface area contributed by atoms with Gasteiger partial charge in [-0.2, -0.15) is 0 Å². The predicted molar refractivity (Wildman–Crippen MR) is 65.7 cm³/mol. The molecule has 1 aromatic carbocycles. The third kappa shape index (κ3) is 2.06. The zero-order chi connectivity index (χ0) is 11.5. The molecule has 2 aromatic rings. The minimum absolute atomic E-state index is 0.647. The number of benzene rings is 1. The van der Waals surface area contributed by atoms with Crippen molar-refractivity contribution >= 4 is 0 Å². The van der Waals surface area contributed by atoms with Gasteiger partial charge in [0.25, 0.3) is 0 Å². The summed E-state index contributed by atoms with van der Waals surface area (Å²) < 4.78 is 5.05. The van der Waals surface area contributed by atoms with Gasteiger partial charge in [-0.05, 0) is 31.0 Å². The lowest BCUT2D eigenvalue weighted by molar-refractivity contribution is 0.398. The summed E-state index contributed by atoms with van der Waals surface area (Å²) >= 11 is 0. The van der Waals surface area contributed by atoms with Crippen molar-refractivity contribution in [1.82, 2.24) is 4.98 Å². The highest BCUT2D eigenvalue weighted by atomic mass is 16.5. The predicted octanol–water partition coefficient (Wildman–Crippen LogP) is 3.37. The van der Waals surface area contributed by atoms with Crippen LogP contribution in [0.5, 0.6) is 5.88 Å². The monoisotopic (exact) mass is 213 g/mol. The van der Waals surface area contributed by atoms with E-state index in [1.54, 1.807) is 7.11 Å². The fourth-order valence-electron chi connectivity index (χ4n) is 1.71. The van der Waals surface area contributed by atoms with Crippen LogP contribution in [0, 0.1) is 13.8 Å². The maximum absolute atomic E-state index is 5.05. The molecule has 0 spiro atoms. The molecular formula is C14H15NO. The molecule has 0 amide bonds. The van der Waals surface area contributed by atoms with E-state index in [1.807, 2.05) is 18.3 Å². The van der Waals surface area contributed by atoms with Gasteiger partial charge in [0.2, 0.25) is 5.88 Å². The van der Waals surface area contributed by atoms with Crippen LogP contribution in [-0.2, 0) is 0 Å². The Morgan fingerprint density at radius 3 is 2.50 bits per heavy atom. The van der Waals surface area contributed by atoms with Gasteiger partial charge in [0.1, 0.15) is 0 Å². The summed E-state index contributed by atoms with van der Waals surface area (Å²) in [5, 5.41) is 0. The number of ether oxygens (including phenoxy) is 1. The molecule has 0 atom stereocenters. The van der Waals surface area contributed by atoms with Crippen LogP contribution in [0.1, 0.15) is 11.1 Å². The molecule has 0 aliphatic carbocycles. The molecule has 0 unspecified atom stereocenters. The third-order valence-electron chi connectivity index (χ3n) is 2.65. The number of rotatable bonds is 2. The molecule has 0 bridgehead atoms. The molecule has 82 valence electrons. The molecule has 2 heteroatoms. The van der Waals surface area contributed by atoms with Crippen LogP contribution >= 0.6 is 0 Å². The van der Waals surface area contributed by atoms with Gasteiger partial charge in [-0.25, -0.2) is 4.98 Å². The van der Waals surface area contributed by atoms with E-state index in [1.165, 1.54) is 16.7 Å². The lowest BCUT2D eigenvalue weighted by atomic mass is 10.00. The number of hydrogen-bond donors (Lipinski definition) is 0. The molecule has 2 rings (SSSR count). The van der Waals surface area contributed by atoms with Gasteiger partial charge in [0.15, 0.2) is 0 Å². The largest absolute Gasteiger partial charge is 0.481 e. The number of methoxy groups -OCH3 is 1. The fraction of sp³-hybridized carbons (Fsp3) is 0.214. The first-order valence-electron chi connectivity index (χ1n) is 5.28. The molecule has 0 fully saturated rings. The molecule has 1 aromatic heterocycles. The van der Waals surface area contributed by atoms with E-state index < -0.39 is 0 Å². The zero-order valence-electron chi connectivity index (χ0n) is 9.82. The van der Waals surface area contributed by atoms with E-state index in [4.69, 9.17) is 4.74 Å². The maximum atomic E-state index is 5.05. The first-order chi connectivity index (χ1) is 7.70. The van der Waals surface area contributed by atoms with Crippen molar-refractivity contribution in [3.05, 3.63) is 47.7 Å². The van der Waals surface area contributed by atoms with E-state index in [2.05, 4.69) is 37.0 Å². The standard InChI is InChI=1S/C14H15NO/c1-10-4-5-11(2)13(8-10)12-6-7-14(16-3)15-9-12/h4-9H,1-3H3. The van der Waals surface area contributed by atoms with Crippen LogP contribution in [0.3, 0.4) is 0 Å². The van der Waals surface area contributed by atoms with Crippen molar-refractivity contribution in [2.75, 3.05) is 7.11 Å². The first kappa shape index (κ1) is 10.7. The van der Waals surface area contributed by atoms with Crippen LogP contribution in [-0.4, -0.2) is 12.1 Å². The molecule has 1 heterocycles. The van der Waals surface area contributed by atoms with Crippen molar-refractivity contribution in [1.29, 1.82) is 0 Å². The number of aromatic nitrogens is 1. The average Bonchev–Trinajstić information content (AvgIpc) is 2.32. The van der Waals surface area contributed by atoms with E-state index in [9.17, 15) is 0 Å². The summed E-state index contributed by atoms with van der Waals surface area (Å²) in [4.78, 5) is 4.22. The van der Waals surface area contributed by atoms with Gasteiger partial charge in [-0.1, -0.05) is 23.8 Å². The topological polar surface area (TPSA) is 22.1 Å². The lowest BCUT2D eigenvalue weighted by Crippen LogP contribution is -1.89. The summed E-state index contributed by atoms with van der Waals surface area (Å²) in [6.07, 6.45) is 1.85. The van der Waals surface area contributed by atoms with Gasteiger partial charge >= 0.3 is 0 Å². The molecule has 0 aliphatic heterocycles. The van der Waals surface area contributed by atoms with Crippen molar-refractivity contribution in [3.63, 3.8) is 0 Å². The van der Waals surface area contributed by atoms with Crippen LogP contribution in [0.25, 0.3) is 11.1 Å². The van der Waals surface area contributed by atoms with Crippen LogP contribution in [0.4, 0.5) is 0 Å². The summed E-state index contributed by atoms with van der Waals surface area (Å²) in [5.41, 5.74) is 4.88. The van der Waals surface area contributed by atoms with E-state index >= 15 is 0 Å². The molecule has 0 saturated carbocycles. The Bertz CT molecular complexity index is 489. The van der Waals surface area contributed by atoms with Gasteiger partial charge in [-0.15, -0.1) is 0 Å². The van der Waals surface area contributed by atoms with Crippen LogP contribution in [0.15, 0.2) is 36.5 Å². The molecule has 0 N–H and O–H groups in total. The van der Waals surface area contributed by atoms with Gasteiger partial charge in [0.05, 0.1) is 7.11 Å². The third-order valence-corrected chi connectivity index (χ3v) is 2.65. The summed E-state index contributed by atoms with van der Waals surface area (Å²) in [7, 11) is 1.62. The summed E-state index contributed by atoms with van der Waals surface area (Å²) in [6, 6.07) is 10.4. The quantitative estimate of drug-likeness (QED) is 0.763. The average molecular weight is 213 g/mol. The smallest absolute Gasteiger partial charge is 0.212 e. The van der Waals surface area contributed by atoms with E-state index in [-0.39, 0.29) is 0 Å². The second-order valence-corrected chi connectivity index (χ2v) is 3.91. The van der Waals surface area contributed by atoms with Crippen LogP contribution < -0.4 is 4.74 Å². The zero-order valence-corrected chi connectivity index (χ0v) is 9.82. The minimum atomic E-state index is 0.647. The maximum Gasteiger partial charge on any atom is 0.212 e. The van der Waals surface area contributed by atoms with Gasteiger partial charge in [0, 0.05) is 17.8 Å². The highest BCUT2D eigenvalue weighted by Crippen LogP contribution is 2.24. The lowest BCUT2D eigenvalue weighted by Gasteiger charge is -2.07. The Morgan fingerprint density at radius 1 is 1.06 bits per heavy atom. The number of pyridine rings is 1. The molecule has 0 aliphatic rings. The van der Waals surface area contributed by atoms with Gasteiger partial charge < -0.3 is 4.74 Å². The molecule has 0 radical (unpaired) electrons. The normalized spacial score (nSPS) is 10.2. The molecule has 0 saturated heterocycles. The van der Waals surface area contributed by atoms with E-state index in [0.717, 1.165) is 5.56 Å². The Labute approximate surface area is 95.9 Å². The first-order valence-corrected chi connectivity index (χ1v) is 5.28. The highest BCUT2D eigenvalue weighted by molar-refractivity contribution is 5.67. The molecular weight excluding hydrogens is 198 g/mol. The SMILES string of the molecule is COc1ccc(-c2cc(C)ccc2C)cn1. The number of aryl methyl sites for hydroxylation is 2. The number of nitrogens with zero attached hydrogens (tertiary/aromatic N) is 1. The van der Waals surface area contributed by atoms with E-state index in [0.29, 0.717) is 5.88 Å². The van der Waals surface area contributed by atoms with Crippen molar-refractivity contribution in [2.45, 2.75) is 13.8 Å². The minimum Gasteiger partial charge on any atom is -0.481 e. The highest BCUT2D eigenvalue weighted by Gasteiger charge is 2.03. The van der Waals surface area contributed by atoms with Crippen molar-refractivity contribution in [2.24, 2.45) is 0 Å². The van der Waals surface area contributed by atoms with Crippen molar-refractivity contribution < 1.29 is 4.74 Å². The Morgan fingerprint density at radius 2 is 1.88 bits per heavy atom. The second-order valence-electron chi connectivity index (χ2n) is 3.91. The second kappa shape index (κ2) is 4.35. The van der Waals surface area contributed by atoms with Crippen LogP contribution in [0.2, 0.25) is 0 Å². The number of hydrogen-bond acceptors (Lipinski definition) is 2. The molecule has 2 nitrogen and oxygen atoms in total. The van der Waals surface area contributed by atoms with Crippen molar-refractivity contribution in [3.8, 4) is 17.0 Å². The summed E-state index contributed by atoms with van der Waals surface area (Å²) in [5.74, 6) is 0.647. The fourth-order valence-corrected chi connectivity index (χ4v) is 1.71. The Balaban J connectivity index is 2.45. The van der Waals surface area contributed by atoms with Gasteiger partial charge in [-0.3, -0.25) is 0 Å². The Hall–Kier alpha value is -1.83. The Kier molecular flexibility index (Phi) is 2.91. The molecule has 16 heavy (non-hydrogen) atoms.